The Morgan fingerprint density at radius 3 is 2.33 bits per heavy atom. The van der Waals surface area contributed by atoms with E-state index in [4.69, 9.17) is 5.11 Å². The molecule has 0 aromatic rings. The van der Waals surface area contributed by atoms with Gasteiger partial charge < -0.3 is 9.84 Å². The normalized spacial score (nSPS) is 11.2. The van der Waals surface area contributed by atoms with Crippen molar-refractivity contribution in [2.75, 3.05) is 6.61 Å². The monoisotopic (exact) mass is 210 g/mol. The van der Waals surface area contributed by atoms with Crippen molar-refractivity contribution in [3.05, 3.63) is 37.5 Å². The maximum absolute atomic E-state index is 11.3. The van der Waals surface area contributed by atoms with Crippen molar-refractivity contribution in [1.82, 2.24) is 0 Å². The van der Waals surface area contributed by atoms with Crippen molar-refractivity contribution in [3.63, 3.8) is 0 Å². The predicted molar refractivity (Wildman–Crippen MR) is 56.2 cm³/mol. The lowest BCUT2D eigenvalue weighted by molar-refractivity contribution is -0.145. The van der Waals surface area contributed by atoms with Crippen molar-refractivity contribution in [1.29, 1.82) is 0 Å². The summed E-state index contributed by atoms with van der Waals surface area (Å²) in [4.78, 5) is 22.0. The van der Waals surface area contributed by atoms with Crippen molar-refractivity contribution >= 4 is 11.9 Å². The zero-order valence-corrected chi connectivity index (χ0v) is 8.44. The number of hydrogen-bond acceptors (Lipinski definition) is 3. The average Bonchev–Trinajstić information content (AvgIpc) is 2.21. The second kappa shape index (κ2) is 6.59. The zero-order valence-electron chi connectivity index (χ0n) is 8.44. The Labute approximate surface area is 88.6 Å². The van der Waals surface area contributed by atoms with Gasteiger partial charge in [-0.2, -0.15) is 0 Å². The van der Waals surface area contributed by atoms with E-state index in [9.17, 15) is 9.59 Å². The van der Waals surface area contributed by atoms with Crippen LogP contribution in [0.3, 0.4) is 0 Å². The summed E-state index contributed by atoms with van der Waals surface area (Å²) in [6.45, 7) is 10.2. The molecular weight excluding hydrogens is 196 g/mol. The molecule has 0 aliphatic carbocycles. The van der Waals surface area contributed by atoms with Gasteiger partial charge in [0, 0.05) is 5.57 Å². The van der Waals surface area contributed by atoms with Crippen LogP contribution >= 0.6 is 0 Å². The molecule has 0 aromatic carbocycles. The molecule has 4 nitrogen and oxygen atoms in total. The second-order valence-electron chi connectivity index (χ2n) is 2.83. The molecule has 0 amide bonds. The van der Waals surface area contributed by atoms with Crippen molar-refractivity contribution in [2.24, 2.45) is 5.92 Å². The molecule has 4 heteroatoms. The lowest BCUT2D eigenvalue weighted by Crippen LogP contribution is -2.22. The van der Waals surface area contributed by atoms with Crippen LogP contribution in [0.1, 0.15) is 6.42 Å². The number of aliphatic carboxylic acids is 1. The van der Waals surface area contributed by atoms with Crippen LogP contribution in [-0.4, -0.2) is 23.7 Å². The summed E-state index contributed by atoms with van der Waals surface area (Å²) >= 11 is 0. The number of esters is 1. The van der Waals surface area contributed by atoms with Gasteiger partial charge in [-0.1, -0.05) is 25.3 Å². The molecule has 1 unspecified atom stereocenters. The predicted octanol–water partition coefficient (Wildman–Crippen LogP) is 1.55. The van der Waals surface area contributed by atoms with Crippen molar-refractivity contribution < 1.29 is 19.4 Å². The highest BCUT2D eigenvalue weighted by Gasteiger charge is 2.25. The summed E-state index contributed by atoms with van der Waals surface area (Å²) in [5.41, 5.74) is -0.0794. The maximum atomic E-state index is 11.3. The van der Waals surface area contributed by atoms with E-state index in [1.54, 1.807) is 0 Å². The van der Waals surface area contributed by atoms with Gasteiger partial charge in [-0.3, -0.25) is 4.79 Å². The Morgan fingerprint density at radius 1 is 1.33 bits per heavy atom. The minimum Gasteiger partial charge on any atom is -0.481 e. The molecule has 1 atom stereocenters. The topological polar surface area (TPSA) is 63.6 Å². The summed E-state index contributed by atoms with van der Waals surface area (Å²) < 4.78 is 4.68. The minimum atomic E-state index is -1.12. The van der Waals surface area contributed by atoms with Gasteiger partial charge in [0.1, 0.15) is 6.61 Å². The number of carbonyl (C=O) groups excluding carboxylic acids is 1. The van der Waals surface area contributed by atoms with E-state index in [2.05, 4.69) is 24.5 Å². The summed E-state index contributed by atoms with van der Waals surface area (Å²) in [6.07, 6.45) is 2.97. The van der Waals surface area contributed by atoms with Crippen LogP contribution in [0.25, 0.3) is 0 Å². The molecule has 0 heterocycles. The molecule has 0 aliphatic heterocycles. The third kappa shape index (κ3) is 4.26. The lowest BCUT2D eigenvalue weighted by Gasteiger charge is -2.11. The molecule has 0 saturated carbocycles. The van der Waals surface area contributed by atoms with Crippen molar-refractivity contribution in [2.45, 2.75) is 6.42 Å². The van der Waals surface area contributed by atoms with Crippen LogP contribution in [0.2, 0.25) is 0 Å². The highest BCUT2D eigenvalue weighted by atomic mass is 16.5. The first-order valence-corrected chi connectivity index (χ1v) is 4.35. The Kier molecular flexibility index (Phi) is 5.78. The van der Waals surface area contributed by atoms with E-state index < -0.39 is 17.9 Å². The number of allylic oxidation sites excluding steroid dienone is 1. The lowest BCUT2D eigenvalue weighted by atomic mass is 9.97. The number of hydrogen-bond donors (Lipinski definition) is 1. The van der Waals surface area contributed by atoms with Crippen molar-refractivity contribution in [3.8, 4) is 0 Å². The fourth-order valence-electron chi connectivity index (χ4n) is 0.928. The summed E-state index contributed by atoms with van der Waals surface area (Å²) in [5, 5.41) is 8.81. The largest absolute Gasteiger partial charge is 0.481 e. The summed E-state index contributed by atoms with van der Waals surface area (Å²) in [6, 6.07) is 0. The quantitative estimate of drug-likeness (QED) is 0.393. The van der Waals surface area contributed by atoms with Crippen LogP contribution in [0, 0.1) is 5.92 Å². The average molecular weight is 210 g/mol. The van der Waals surface area contributed by atoms with Gasteiger partial charge in [-0.15, -0.1) is 6.58 Å². The smallest absolute Gasteiger partial charge is 0.334 e. The first-order chi connectivity index (χ1) is 7.04. The Balaban J connectivity index is 4.48. The number of carboxylic acids is 1. The molecule has 0 bridgehead atoms. The highest BCUT2D eigenvalue weighted by molar-refractivity contribution is 5.94. The van der Waals surface area contributed by atoms with Gasteiger partial charge in [0.05, 0.1) is 5.92 Å². The molecule has 0 aromatic heterocycles. The fraction of sp³-hybridized carbons (Fsp3) is 0.273. The van der Waals surface area contributed by atoms with E-state index >= 15 is 0 Å². The Hall–Kier alpha value is -1.84. The van der Waals surface area contributed by atoms with Gasteiger partial charge in [-0.25, -0.2) is 4.79 Å². The molecule has 1 N–H and O–H groups in total. The third-order valence-electron chi connectivity index (χ3n) is 1.72. The Bertz CT molecular complexity index is 291. The molecule has 0 saturated heterocycles. The molecule has 0 aliphatic rings. The summed E-state index contributed by atoms with van der Waals surface area (Å²) in [7, 11) is 0. The number of rotatable bonds is 7. The van der Waals surface area contributed by atoms with Crippen LogP contribution in [0.15, 0.2) is 37.5 Å². The highest BCUT2D eigenvalue weighted by Crippen LogP contribution is 2.15. The van der Waals surface area contributed by atoms with Gasteiger partial charge in [-0.05, 0) is 6.42 Å². The van der Waals surface area contributed by atoms with E-state index in [0.29, 0.717) is 0 Å². The molecule has 0 fully saturated rings. The number of carboxylic acid groups (broad SMARTS) is 1. The van der Waals surface area contributed by atoms with Crippen LogP contribution in [0.4, 0.5) is 0 Å². The summed E-state index contributed by atoms with van der Waals surface area (Å²) in [5.74, 6) is -2.81. The first-order valence-electron chi connectivity index (χ1n) is 4.35. The van der Waals surface area contributed by atoms with E-state index in [1.807, 2.05) is 0 Å². The van der Waals surface area contributed by atoms with Gasteiger partial charge in [0.2, 0.25) is 0 Å². The number of ether oxygens (including phenoxy) is 1. The molecule has 82 valence electrons. The molecule has 0 spiro atoms. The number of carbonyl (C=O) groups is 2. The van der Waals surface area contributed by atoms with Crippen LogP contribution in [0.5, 0.6) is 0 Å². The molecule has 15 heavy (non-hydrogen) atoms. The second-order valence-corrected chi connectivity index (χ2v) is 2.83. The van der Waals surface area contributed by atoms with Crippen LogP contribution < -0.4 is 0 Å². The minimum absolute atomic E-state index is 0.0400. The fourth-order valence-corrected chi connectivity index (χ4v) is 0.928. The van der Waals surface area contributed by atoms with Crippen LogP contribution in [-0.2, 0) is 14.3 Å². The molecule has 0 rings (SSSR count). The van der Waals surface area contributed by atoms with E-state index in [0.717, 1.165) is 0 Å². The van der Waals surface area contributed by atoms with Gasteiger partial charge >= 0.3 is 11.9 Å². The maximum Gasteiger partial charge on any atom is 0.334 e. The molecule has 0 radical (unpaired) electrons. The van der Waals surface area contributed by atoms with Gasteiger partial charge in [0.25, 0.3) is 0 Å². The molecular formula is C11H14O4. The van der Waals surface area contributed by atoms with Gasteiger partial charge in [0.15, 0.2) is 0 Å². The SMILES string of the molecule is C=CCOC(=O)C(=C)C(CC=C)C(=O)O. The first kappa shape index (κ1) is 13.2. The standard InChI is InChI=1S/C11H14O4/c1-4-6-9(10(12)13)8(3)11(14)15-7-5-2/h4-5,9H,1-3,6-7H2,(H,12,13). The third-order valence-corrected chi connectivity index (χ3v) is 1.72. The zero-order chi connectivity index (χ0) is 11.8. The Morgan fingerprint density at radius 2 is 1.93 bits per heavy atom. The van der Waals surface area contributed by atoms with E-state index in [-0.39, 0.29) is 18.6 Å². The van der Waals surface area contributed by atoms with E-state index in [1.165, 1.54) is 12.2 Å².